The molecule has 0 amide bonds. The van der Waals surface area contributed by atoms with Crippen LogP contribution < -0.4 is 0 Å². The zero-order chi connectivity index (χ0) is 12.8. The highest BCUT2D eigenvalue weighted by molar-refractivity contribution is 6.30. The monoisotopic (exact) mass is 255 g/mol. The standard InChI is InChI=1S/C13H18ClNO2/c1-10(2)15(3)8-9-17-13(16)11-4-6-12(14)7-5-11/h4-7,10H,8-9H2,1-3H3. The van der Waals surface area contributed by atoms with E-state index in [0.717, 1.165) is 6.54 Å². The third-order valence-electron chi connectivity index (χ3n) is 2.64. The molecule has 0 saturated heterocycles. The van der Waals surface area contributed by atoms with Crippen LogP contribution in [-0.4, -0.2) is 37.1 Å². The molecule has 4 heteroatoms. The number of carbonyl (C=O) groups is 1. The minimum absolute atomic E-state index is 0.307. The topological polar surface area (TPSA) is 29.5 Å². The molecular formula is C13H18ClNO2. The highest BCUT2D eigenvalue weighted by Crippen LogP contribution is 2.10. The van der Waals surface area contributed by atoms with E-state index in [9.17, 15) is 4.79 Å². The summed E-state index contributed by atoms with van der Waals surface area (Å²) in [4.78, 5) is 13.7. The number of rotatable bonds is 5. The third-order valence-corrected chi connectivity index (χ3v) is 2.89. The van der Waals surface area contributed by atoms with Crippen LogP contribution in [0.2, 0.25) is 5.02 Å². The van der Waals surface area contributed by atoms with Crippen molar-refractivity contribution in [1.29, 1.82) is 0 Å². The average Bonchev–Trinajstić information content (AvgIpc) is 2.29. The summed E-state index contributed by atoms with van der Waals surface area (Å²) in [5, 5.41) is 0.612. The smallest absolute Gasteiger partial charge is 0.338 e. The third kappa shape index (κ3) is 4.75. The Morgan fingerprint density at radius 3 is 2.47 bits per heavy atom. The molecule has 0 radical (unpaired) electrons. The molecule has 0 fully saturated rings. The van der Waals surface area contributed by atoms with E-state index in [1.807, 2.05) is 7.05 Å². The van der Waals surface area contributed by atoms with Crippen LogP contribution in [0.1, 0.15) is 24.2 Å². The number of carbonyl (C=O) groups excluding carboxylic acids is 1. The van der Waals surface area contributed by atoms with E-state index in [2.05, 4.69) is 18.7 Å². The second kappa shape index (κ2) is 6.62. The van der Waals surface area contributed by atoms with Crippen molar-refractivity contribution in [2.24, 2.45) is 0 Å². The lowest BCUT2D eigenvalue weighted by Crippen LogP contribution is -2.30. The molecule has 0 unspecified atom stereocenters. The van der Waals surface area contributed by atoms with Gasteiger partial charge in [-0.25, -0.2) is 4.79 Å². The van der Waals surface area contributed by atoms with Gasteiger partial charge in [0.05, 0.1) is 5.56 Å². The van der Waals surface area contributed by atoms with Crippen LogP contribution in [-0.2, 0) is 4.74 Å². The molecule has 3 nitrogen and oxygen atoms in total. The Morgan fingerprint density at radius 2 is 1.94 bits per heavy atom. The fourth-order valence-electron chi connectivity index (χ4n) is 1.21. The normalized spacial score (nSPS) is 10.9. The van der Waals surface area contributed by atoms with Crippen molar-refractivity contribution in [3.05, 3.63) is 34.9 Å². The largest absolute Gasteiger partial charge is 0.461 e. The molecule has 1 aromatic rings. The maximum absolute atomic E-state index is 11.6. The molecule has 0 saturated carbocycles. The van der Waals surface area contributed by atoms with Gasteiger partial charge in [0.25, 0.3) is 0 Å². The van der Waals surface area contributed by atoms with E-state index < -0.39 is 0 Å². The van der Waals surface area contributed by atoms with Gasteiger partial charge in [0.1, 0.15) is 6.61 Å². The van der Waals surface area contributed by atoms with Crippen molar-refractivity contribution in [2.45, 2.75) is 19.9 Å². The van der Waals surface area contributed by atoms with Crippen LogP contribution in [0, 0.1) is 0 Å². The van der Waals surface area contributed by atoms with Gasteiger partial charge in [0.15, 0.2) is 0 Å². The molecule has 0 aliphatic rings. The zero-order valence-corrected chi connectivity index (χ0v) is 11.2. The molecule has 0 bridgehead atoms. The molecule has 94 valence electrons. The van der Waals surface area contributed by atoms with Crippen LogP contribution in [0.25, 0.3) is 0 Å². The van der Waals surface area contributed by atoms with Gasteiger partial charge in [-0.2, -0.15) is 0 Å². The Bertz CT molecular complexity index is 362. The number of nitrogens with zero attached hydrogens (tertiary/aromatic N) is 1. The molecule has 0 atom stereocenters. The molecule has 1 rings (SSSR count). The number of benzene rings is 1. The van der Waals surface area contributed by atoms with Crippen LogP contribution in [0.15, 0.2) is 24.3 Å². The predicted molar refractivity (Wildman–Crippen MR) is 69.5 cm³/mol. The number of hydrogen-bond acceptors (Lipinski definition) is 3. The number of likely N-dealkylation sites (N-methyl/N-ethyl adjacent to an activating group) is 1. The number of hydrogen-bond donors (Lipinski definition) is 0. The summed E-state index contributed by atoms with van der Waals surface area (Å²) in [6.07, 6.45) is 0. The fraction of sp³-hybridized carbons (Fsp3) is 0.462. The van der Waals surface area contributed by atoms with Crippen molar-refractivity contribution in [1.82, 2.24) is 4.90 Å². The summed E-state index contributed by atoms with van der Waals surface area (Å²) < 4.78 is 5.17. The Kier molecular flexibility index (Phi) is 5.45. The van der Waals surface area contributed by atoms with E-state index >= 15 is 0 Å². The first-order valence-corrected chi connectivity index (χ1v) is 6.01. The lowest BCUT2D eigenvalue weighted by Gasteiger charge is -2.20. The molecule has 1 aromatic carbocycles. The molecule has 0 aliphatic heterocycles. The summed E-state index contributed by atoms with van der Waals surface area (Å²) >= 11 is 5.74. The van der Waals surface area contributed by atoms with E-state index in [4.69, 9.17) is 16.3 Å². The van der Waals surface area contributed by atoms with Crippen molar-refractivity contribution in [3.63, 3.8) is 0 Å². The van der Waals surface area contributed by atoms with Gasteiger partial charge < -0.3 is 9.64 Å². The summed E-state index contributed by atoms with van der Waals surface area (Å²) in [6, 6.07) is 7.13. The first kappa shape index (κ1) is 14.0. The first-order chi connectivity index (χ1) is 8.00. The van der Waals surface area contributed by atoms with Crippen molar-refractivity contribution < 1.29 is 9.53 Å². The quantitative estimate of drug-likeness (QED) is 0.758. The number of halogens is 1. The minimum Gasteiger partial charge on any atom is -0.461 e. The average molecular weight is 256 g/mol. The minimum atomic E-state index is -0.307. The van der Waals surface area contributed by atoms with E-state index in [0.29, 0.717) is 23.2 Å². The summed E-state index contributed by atoms with van der Waals surface area (Å²) in [7, 11) is 2.00. The van der Waals surface area contributed by atoms with Crippen LogP contribution in [0.4, 0.5) is 0 Å². The van der Waals surface area contributed by atoms with Gasteiger partial charge in [0, 0.05) is 17.6 Å². The Morgan fingerprint density at radius 1 is 1.35 bits per heavy atom. The number of ether oxygens (including phenoxy) is 1. The second-order valence-electron chi connectivity index (χ2n) is 4.22. The molecule has 0 heterocycles. The maximum Gasteiger partial charge on any atom is 0.338 e. The lowest BCUT2D eigenvalue weighted by molar-refractivity contribution is 0.0461. The Labute approximate surface area is 107 Å². The summed E-state index contributed by atoms with van der Waals surface area (Å²) in [5.41, 5.74) is 0.529. The molecule has 0 aliphatic carbocycles. The molecular weight excluding hydrogens is 238 g/mol. The Hall–Kier alpha value is -1.06. The van der Waals surface area contributed by atoms with Gasteiger partial charge in [-0.15, -0.1) is 0 Å². The fourth-order valence-corrected chi connectivity index (χ4v) is 1.34. The SMILES string of the molecule is CC(C)N(C)CCOC(=O)c1ccc(Cl)cc1. The van der Waals surface area contributed by atoms with E-state index in [1.165, 1.54) is 0 Å². The van der Waals surface area contributed by atoms with E-state index in [-0.39, 0.29) is 5.97 Å². The van der Waals surface area contributed by atoms with E-state index in [1.54, 1.807) is 24.3 Å². The van der Waals surface area contributed by atoms with Crippen LogP contribution in [0.3, 0.4) is 0 Å². The highest BCUT2D eigenvalue weighted by atomic mass is 35.5. The van der Waals surface area contributed by atoms with Crippen LogP contribution in [0.5, 0.6) is 0 Å². The predicted octanol–water partition coefficient (Wildman–Crippen LogP) is 2.84. The van der Waals surface area contributed by atoms with Gasteiger partial charge in [-0.05, 0) is 45.2 Å². The first-order valence-electron chi connectivity index (χ1n) is 5.63. The Balaban J connectivity index is 2.37. The van der Waals surface area contributed by atoms with Crippen LogP contribution >= 0.6 is 11.6 Å². The van der Waals surface area contributed by atoms with Gasteiger partial charge >= 0.3 is 5.97 Å². The molecule has 0 N–H and O–H groups in total. The maximum atomic E-state index is 11.6. The zero-order valence-electron chi connectivity index (χ0n) is 10.4. The summed E-state index contributed by atoms with van der Waals surface area (Å²) in [6.45, 7) is 5.33. The summed E-state index contributed by atoms with van der Waals surface area (Å²) in [5.74, 6) is -0.307. The van der Waals surface area contributed by atoms with Gasteiger partial charge in [-0.1, -0.05) is 11.6 Å². The number of esters is 1. The second-order valence-corrected chi connectivity index (χ2v) is 4.65. The van der Waals surface area contributed by atoms with Crippen molar-refractivity contribution in [3.8, 4) is 0 Å². The van der Waals surface area contributed by atoms with Crippen molar-refractivity contribution in [2.75, 3.05) is 20.2 Å². The van der Waals surface area contributed by atoms with Gasteiger partial charge in [0.2, 0.25) is 0 Å². The molecule has 0 spiro atoms. The van der Waals surface area contributed by atoms with Crippen molar-refractivity contribution >= 4 is 17.6 Å². The molecule has 0 aromatic heterocycles. The highest BCUT2D eigenvalue weighted by Gasteiger charge is 2.08. The molecule has 17 heavy (non-hydrogen) atoms. The van der Waals surface area contributed by atoms with Gasteiger partial charge in [-0.3, -0.25) is 0 Å². The lowest BCUT2D eigenvalue weighted by atomic mass is 10.2.